The van der Waals surface area contributed by atoms with Gasteiger partial charge in [0, 0.05) is 17.8 Å². The summed E-state index contributed by atoms with van der Waals surface area (Å²) in [5, 5.41) is 0.840. The third-order valence-corrected chi connectivity index (χ3v) is 1.39. The Labute approximate surface area is 74.1 Å². The highest BCUT2D eigenvalue weighted by atomic mass is 35.5. The minimum absolute atomic E-state index is 0. The molecule has 0 saturated carbocycles. The van der Waals surface area contributed by atoms with Crippen molar-refractivity contribution in [2.75, 3.05) is 0 Å². The molecule has 0 aliphatic heterocycles. The van der Waals surface area contributed by atoms with Crippen molar-refractivity contribution < 1.29 is 0 Å². The van der Waals surface area contributed by atoms with Gasteiger partial charge < -0.3 is 0 Å². The summed E-state index contributed by atoms with van der Waals surface area (Å²) >= 11 is 0. The van der Waals surface area contributed by atoms with Crippen LogP contribution in [0.15, 0.2) is 29.3 Å². The van der Waals surface area contributed by atoms with Gasteiger partial charge in [-0.3, -0.25) is 4.98 Å². The molecule has 62 valence electrons. The number of aromatic amines is 1. The Morgan fingerprint density at radius 3 is 3.00 bits per heavy atom. The van der Waals surface area contributed by atoms with Gasteiger partial charge in [0.05, 0.1) is 0 Å². The Balaban J connectivity index is 0.000000720. The first kappa shape index (κ1) is 8.67. The Kier molecular flexibility index (Phi) is 2.40. The molecule has 5 heteroatoms. The standard InChI is InChI=1S/C7H5N3O.ClH/c11-7-9-4-5-2-1-3-8-6(5)10-7;/h1-4H,(H,8,9,10,11);1H. The van der Waals surface area contributed by atoms with Crippen molar-refractivity contribution in [3.05, 3.63) is 35.0 Å². The fourth-order valence-electron chi connectivity index (χ4n) is 0.888. The highest BCUT2D eigenvalue weighted by Gasteiger charge is 1.91. The molecule has 2 rings (SSSR count). The van der Waals surface area contributed by atoms with E-state index < -0.39 is 0 Å². The summed E-state index contributed by atoms with van der Waals surface area (Å²) in [6.07, 6.45) is 3.12. The van der Waals surface area contributed by atoms with Crippen LogP contribution in [-0.4, -0.2) is 15.0 Å². The lowest BCUT2D eigenvalue weighted by molar-refractivity contribution is 1.10. The van der Waals surface area contributed by atoms with E-state index in [0.717, 1.165) is 5.39 Å². The molecule has 2 aromatic rings. The predicted octanol–water partition coefficient (Wildman–Crippen LogP) is 0.740. The van der Waals surface area contributed by atoms with Crippen LogP contribution in [0.2, 0.25) is 0 Å². The van der Waals surface area contributed by atoms with Crippen LogP contribution in [0.1, 0.15) is 0 Å². The molecule has 4 nitrogen and oxygen atoms in total. The molecular formula is C7H6ClN3O. The first-order valence-electron chi connectivity index (χ1n) is 3.16. The van der Waals surface area contributed by atoms with Crippen molar-refractivity contribution in [1.82, 2.24) is 15.0 Å². The second-order valence-electron chi connectivity index (χ2n) is 2.13. The minimum atomic E-state index is -0.365. The van der Waals surface area contributed by atoms with Crippen LogP contribution in [-0.2, 0) is 0 Å². The number of pyridine rings is 1. The zero-order chi connectivity index (χ0) is 7.68. The van der Waals surface area contributed by atoms with E-state index in [9.17, 15) is 4.79 Å². The summed E-state index contributed by atoms with van der Waals surface area (Å²) in [7, 11) is 0. The molecule has 0 atom stereocenters. The van der Waals surface area contributed by atoms with Gasteiger partial charge in [0.2, 0.25) is 0 Å². The molecule has 0 aliphatic rings. The SMILES string of the molecule is Cl.O=c1ncc2cccnc2[nH]1. The van der Waals surface area contributed by atoms with E-state index in [4.69, 9.17) is 0 Å². The number of nitrogens with one attached hydrogen (secondary N) is 1. The van der Waals surface area contributed by atoms with Gasteiger partial charge in [0.25, 0.3) is 0 Å². The number of aromatic nitrogens is 3. The smallest absolute Gasteiger partial charge is 0.290 e. The number of nitrogens with zero attached hydrogens (tertiary/aromatic N) is 2. The Bertz CT molecular complexity index is 440. The second kappa shape index (κ2) is 3.32. The largest absolute Gasteiger partial charge is 0.346 e. The van der Waals surface area contributed by atoms with E-state index in [2.05, 4.69) is 15.0 Å². The maximum absolute atomic E-state index is 10.7. The second-order valence-corrected chi connectivity index (χ2v) is 2.13. The molecule has 1 N–H and O–H groups in total. The van der Waals surface area contributed by atoms with Crippen LogP contribution in [0.3, 0.4) is 0 Å². The van der Waals surface area contributed by atoms with Crippen LogP contribution in [0.4, 0.5) is 0 Å². The van der Waals surface area contributed by atoms with E-state index in [1.807, 2.05) is 6.07 Å². The third kappa shape index (κ3) is 1.43. The van der Waals surface area contributed by atoms with Gasteiger partial charge in [-0.15, -0.1) is 12.4 Å². The topological polar surface area (TPSA) is 58.6 Å². The predicted molar refractivity (Wildman–Crippen MR) is 47.4 cm³/mol. The highest BCUT2D eigenvalue weighted by Crippen LogP contribution is 2.01. The Hall–Kier alpha value is -1.42. The lowest BCUT2D eigenvalue weighted by atomic mass is 10.3. The summed E-state index contributed by atoms with van der Waals surface area (Å²) in [6.45, 7) is 0. The van der Waals surface area contributed by atoms with Gasteiger partial charge >= 0.3 is 5.69 Å². The Morgan fingerprint density at radius 2 is 2.17 bits per heavy atom. The fourth-order valence-corrected chi connectivity index (χ4v) is 0.888. The molecule has 2 heterocycles. The zero-order valence-electron chi connectivity index (χ0n) is 6.02. The molecule has 12 heavy (non-hydrogen) atoms. The van der Waals surface area contributed by atoms with Gasteiger partial charge in [-0.1, -0.05) is 0 Å². The van der Waals surface area contributed by atoms with Crippen molar-refractivity contribution in [1.29, 1.82) is 0 Å². The number of hydrogen-bond donors (Lipinski definition) is 1. The maximum atomic E-state index is 10.7. The molecular weight excluding hydrogens is 178 g/mol. The van der Waals surface area contributed by atoms with Gasteiger partial charge in [-0.05, 0) is 12.1 Å². The van der Waals surface area contributed by atoms with Crippen LogP contribution in [0.25, 0.3) is 11.0 Å². The van der Waals surface area contributed by atoms with Gasteiger partial charge in [-0.25, -0.2) is 14.8 Å². The van der Waals surface area contributed by atoms with Crippen molar-refractivity contribution in [2.24, 2.45) is 0 Å². The number of halogens is 1. The van der Waals surface area contributed by atoms with Crippen LogP contribution >= 0.6 is 12.4 Å². The lowest BCUT2D eigenvalue weighted by Gasteiger charge is -1.91. The minimum Gasteiger partial charge on any atom is -0.290 e. The van der Waals surface area contributed by atoms with E-state index >= 15 is 0 Å². The summed E-state index contributed by atoms with van der Waals surface area (Å²) < 4.78 is 0. The van der Waals surface area contributed by atoms with E-state index in [0.29, 0.717) is 5.65 Å². The van der Waals surface area contributed by atoms with Gasteiger partial charge in [0.15, 0.2) is 0 Å². The van der Waals surface area contributed by atoms with E-state index in [1.165, 1.54) is 6.20 Å². The van der Waals surface area contributed by atoms with Gasteiger partial charge in [0.1, 0.15) is 5.65 Å². The first-order valence-corrected chi connectivity index (χ1v) is 3.16. The van der Waals surface area contributed by atoms with Gasteiger partial charge in [-0.2, -0.15) is 0 Å². The summed E-state index contributed by atoms with van der Waals surface area (Å²) in [5.74, 6) is 0. The molecule has 0 bridgehead atoms. The summed E-state index contributed by atoms with van der Waals surface area (Å²) in [5.41, 5.74) is 0.212. The molecule has 0 spiro atoms. The molecule has 0 unspecified atom stereocenters. The molecule has 0 aliphatic carbocycles. The highest BCUT2D eigenvalue weighted by molar-refractivity contribution is 5.85. The normalized spacial score (nSPS) is 9.33. The lowest BCUT2D eigenvalue weighted by Crippen LogP contribution is -2.08. The monoisotopic (exact) mass is 183 g/mol. The zero-order valence-corrected chi connectivity index (χ0v) is 6.84. The number of fused-ring (bicyclic) bond motifs is 1. The van der Waals surface area contributed by atoms with Crippen molar-refractivity contribution in [2.45, 2.75) is 0 Å². The van der Waals surface area contributed by atoms with Crippen molar-refractivity contribution in [3.63, 3.8) is 0 Å². The number of hydrogen-bond acceptors (Lipinski definition) is 3. The summed E-state index contributed by atoms with van der Waals surface area (Å²) in [4.78, 5) is 20.7. The van der Waals surface area contributed by atoms with E-state index in [-0.39, 0.29) is 18.1 Å². The van der Waals surface area contributed by atoms with Crippen LogP contribution in [0.5, 0.6) is 0 Å². The fraction of sp³-hybridized carbons (Fsp3) is 0. The first-order chi connectivity index (χ1) is 5.36. The molecule has 0 fully saturated rings. The van der Waals surface area contributed by atoms with Crippen molar-refractivity contribution in [3.8, 4) is 0 Å². The molecule has 0 radical (unpaired) electrons. The van der Waals surface area contributed by atoms with E-state index in [1.54, 1.807) is 12.3 Å². The third-order valence-electron chi connectivity index (χ3n) is 1.39. The number of H-pyrrole nitrogens is 1. The molecule has 0 saturated heterocycles. The van der Waals surface area contributed by atoms with Crippen LogP contribution in [0, 0.1) is 0 Å². The molecule has 0 amide bonds. The average Bonchev–Trinajstić information content (AvgIpc) is 2.04. The summed E-state index contributed by atoms with van der Waals surface area (Å²) in [6, 6.07) is 3.63. The molecule has 2 aromatic heterocycles. The average molecular weight is 184 g/mol. The van der Waals surface area contributed by atoms with Crippen molar-refractivity contribution >= 4 is 23.4 Å². The Morgan fingerprint density at radius 1 is 1.33 bits per heavy atom. The molecule has 0 aromatic carbocycles. The maximum Gasteiger partial charge on any atom is 0.346 e. The number of rotatable bonds is 0. The quantitative estimate of drug-likeness (QED) is 0.656. The van der Waals surface area contributed by atoms with Crippen LogP contribution < -0.4 is 5.69 Å².